The van der Waals surface area contributed by atoms with Gasteiger partial charge in [0.1, 0.15) is 23.1 Å². The molecule has 3 nitrogen and oxygen atoms in total. The third-order valence-corrected chi connectivity index (χ3v) is 3.68. The Morgan fingerprint density at radius 2 is 1.71 bits per heavy atom. The van der Waals surface area contributed by atoms with Crippen molar-refractivity contribution in [2.45, 2.75) is 39.7 Å². The molecule has 1 atom stereocenters. The topological polar surface area (TPSA) is 38.3 Å². The molecular weight excluding hydrogens is 312 g/mol. The van der Waals surface area contributed by atoms with Gasteiger partial charge in [0.2, 0.25) is 0 Å². The number of carbonyl (C=O) groups excluding carboxylic acids is 1. The lowest BCUT2D eigenvalue weighted by molar-refractivity contribution is -0.122. The van der Waals surface area contributed by atoms with Crippen LogP contribution in [-0.2, 0) is 4.79 Å². The van der Waals surface area contributed by atoms with Crippen molar-refractivity contribution in [3.8, 4) is 5.75 Å². The van der Waals surface area contributed by atoms with Gasteiger partial charge < -0.3 is 10.1 Å². The number of hydrogen-bond donors (Lipinski definition) is 1. The lowest BCUT2D eigenvalue weighted by atomic mass is 10.0. The molecule has 1 amide bonds. The molecule has 0 saturated carbocycles. The summed E-state index contributed by atoms with van der Waals surface area (Å²) >= 11 is 0. The van der Waals surface area contributed by atoms with Gasteiger partial charge in [0.15, 0.2) is 6.10 Å². The fourth-order valence-electron chi connectivity index (χ4n) is 2.31. The molecule has 0 unspecified atom stereocenters. The quantitative estimate of drug-likeness (QED) is 0.853. The van der Waals surface area contributed by atoms with Crippen LogP contribution in [0, 0.1) is 18.6 Å². The summed E-state index contributed by atoms with van der Waals surface area (Å²) in [5, 5.41) is 2.25. The minimum absolute atomic E-state index is 0.222. The van der Waals surface area contributed by atoms with E-state index < -0.39 is 29.3 Å². The minimum atomic E-state index is -0.900. The van der Waals surface area contributed by atoms with Crippen molar-refractivity contribution in [2.24, 2.45) is 0 Å². The van der Waals surface area contributed by atoms with Crippen LogP contribution in [0.4, 0.5) is 14.5 Å². The number of para-hydroxylation sites is 1. The number of aryl methyl sites for hydroxylation is 1. The maximum Gasteiger partial charge on any atom is 0.265 e. The molecule has 5 heteroatoms. The number of rotatable bonds is 5. The van der Waals surface area contributed by atoms with Gasteiger partial charge in [0.25, 0.3) is 5.91 Å². The molecule has 2 aromatic carbocycles. The maximum atomic E-state index is 13.6. The second-order valence-corrected chi connectivity index (χ2v) is 6.04. The number of halogens is 2. The fraction of sp³-hybridized carbons (Fsp3) is 0.316. The highest BCUT2D eigenvalue weighted by atomic mass is 19.1. The third-order valence-electron chi connectivity index (χ3n) is 3.68. The Morgan fingerprint density at radius 1 is 1.08 bits per heavy atom. The summed E-state index contributed by atoms with van der Waals surface area (Å²) in [5.74, 6) is -1.44. The van der Waals surface area contributed by atoms with Crippen LogP contribution in [0.15, 0.2) is 36.4 Å². The number of amides is 1. The highest BCUT2D eigenvalue weighted by Crippen LogP contribution is 2.28. The molecule has 0 fully saturated rings. The summed E-state index contributed by atoms with van der Waals surface area (Å²) in [6, 6.07) is 9.19. The molecule has 0 spiro atoms. The van der Waals surface area contributed by atoms with Gasteiger partial charge in [-0.3, -0.25) is 4.79 Å². The molecule has 0 heterocycles. The highest BCUT2D eigenvalue weighted by molar-refractivity contribution is 5.94. The van der Waals surface area contributed by atoms with Gasteiger partial charge in [-0.25, -0.2) is 8.78 Å². The average Bonchev–Trinajstić information content (AvgIpc) is 2.50. The zero-order valence-electron chi connectivity index (χ0n) is 14.2. The van der Waals surface area contributed by atoms with Gasteiger partial charge in [-0.1, -0.05) is 32.0 Å². The van der Waals surface area contributed by atoms with Crippen molar-refractivity contribution < 1.29 is 18.3 Å². The van der Waals surface area contributed by atoms with E-state index in [0.717, 1.165) is 23.3 Å². The van der Waals surface area contributed by atoms with Crippen LogP contribution in [0.3, 0.4) is 0 Å². The van der Waals surface area contributed by atoms with E-state index in [-0.39, 0.29) is 5.92 Å². The van der Waals surface area contributed by atoms with E-state index in [1.54, 1.807) is 6.92 Å². The average molecular weight is 333 g/mol. The normalized spacial score (nSPS) is 12.1. The lowest BCUT2D eigenvalue weighted by Crippen LogP contribution is -2.31. The van der Waals surface area contributed by atoms with Crippen LogP contribution in [-0.4, -0.2) is 12.0 Å². The van der Waals surface area contributed by atoms with Crippen LogP contribution < -0.4 is 10.1 Å². The number of ether oxygens (including phenoxy) is 1. The van der Waals surface area contributed by atoms with Crippen molar-refractivity contribution in [3.05, 3.63) is 59.2 Å². The Kier molecular flexibility index (Phi) is 5.54. The van der Waals surface area contributed by atoms with Gasteiger partial charge in [-0.05, 0) is 49.1 Å². The Bertz CT molecular complexity index is 724. The second kappa shape index (κ2) is 7.43. The highest BCUT2D eigenvalue weighted by Gasteiger charge is 2.20. The molecular formula is C19H21F2NO2. The van der Waals surface area contributed by atoms with Crippen molar-refractivity contribution in [1.29, 1.82) is 0 Å². The summed E-state index contributed by atoms with van der Waals surface area (Å²) < 4.78 is 33.0. The van der Waals surface area contributed by atoms with Crippen molar-refractivity contribution in [1.82, 2.24) is 0 Å². The van der Waals surface area contributed by atoms with E-state index in [1.807, 2.05) is 39.0 Å². The van der Waals surface area contributed by atoms with E-state index >= 15 is 0 Å². The lowest BCUT2D eigenvalue weighted by Gasteiger charge is -2.19. The maximum absolute atomic E-state index is 13.6. The number of carbonyl (C=O) groups is 1. The van der Waals surface area contributed by atoms with Gasteiger partial charge >= 0.3 is 0 Å². The predicted molar refractivity (Wildman–Crippen MR) is 90.3 cm³/mol. The van der Waals surface area contributed by atoms with Crippen LogP contribution in [0.1, 0.15) is 37.8 Å². The zero-order valence-corrected chi connectivity index (χ0v) is 14.2. The van der Waals surface area contributed by atoms with Gasteiger partial charge in [-0.15, -0.1) is 0 Å². The molecule has 0 radical (unpaired) electrons. The first-order valence-corrected chi connectivity index (χ1v) is 7.81. The molecule has 128 valence electrons. The molecule has 24 heavy (non-hydrogen) atoms. The van der Waals surface area contributed by atoms with Crippen molar-refractivity contribution in [2.75, 3.05) is 5.32 Å². The zero-order chi connectivity index (χ0) is 17.9. The monoisotopic (exact) mass is 333 g/mol. The van der Waals surface area contributed by atoms with Crippen molar-refractivity contribution in [3.63, 3.8) is 0 Å². The molecule has 2 rings (SSSR count). The standard InChI is InChI=1S/C19H21F2NO2/c1-11(2)14-9-8-12(3)10-17(14)24-13(4)19(23)22-18-15(20)6-5-7-16(18)21/h5-11,13H,1-4H3,(H,22,23)/t13-/m0/s1. The van der Waals surface area contributed by atoms with Gasteiger partial charge in [0.05, 0.1) is 0 Å². The summed E-state index contributed by atoms with van der Waals surface area (Å²) in [7, 11) is 0. The number of hydrogen-bond acceptors (Lipinski definition) is 2. The molecule has 0 aliphatic rings. The molecule has 0 saturated heterocycles. The summed E-state index contributed by atoms with van der Waals surface area (Å²) in [4.78, 5) is 12.2. The summed E-state index contributed by atoms with van der Waals surface area (Å²) in [6.07, 6.45) is -0.900. The molecule has 1 N–H and O–H groups in total. The Labute approximate surface area is 140 Å². The first kappa shape index (κ1) is 17.9. The van der Waals surface area contributed by atoms with Gasteiger partial charge in [-0.2, -0.15) is 0 Å². The van der Waals surface area contributed by atoms with Gasteiger partial charge in [0, 0.05) is 0 Å². The summed E-state index contributed by atoms with van der Waals surface area (Å²) in [6.45, 7) is 7.52. The molecule has 2 aromatic rings. The van der Waals surface area contributed by atoms with E-state index in [1.165, 1.54) is 6.07 Å². The van der Waals surface area contributed by atoms with E-state index in [2.05, 4.69) is 5.32 Å². The Morgan fingerprint density at radius 3 is 2.29 bits per heavy atom. The van der Waals surface area contributed by atoms with Crippen LogP contribution >= 0.6 is 0 Å². The van der Waals surface area contributed by atoms with Crippen LogP contribution in [0.2, 0.25) is 0 Å². The first-order valence-electron chi connectivity index (χ1n) is 7.81. The van der Waals surface area contributed by atoms with E-state index in [9.17, 15) is 13.6 Å². The molecule has 0 aliphatic carbocycles. The molecule has 0 bridgehead atoms. The Balaban J connectivity index is 2.17. The summed E-state index contributed by atoms with van der Waals surface area (Å²) in [5.41, 5.74) is 1.51. The largest absolute Gasteiger partial charge is 0.481 e. The third kappa shape index (κ3) is 4.10. The number of benzene rings is 2. The van der Waals surface area contributed by atoms with E-state index in [4.69, 9.17) is 4.74 Å². The minimum Gasteiger partial charge on any atom is -0.481 e. The van der Waals surface area contributed by atoms with Crippen LogP contribution in [0.5, 0.6) is 5.75 Å². The molecule has 0 aromatic heterocycles. The smallest absolute Gasteiger partial charge is 0.265 e. The number of anilines is 1. The van der Waals surface area contributed by atoms with E-state index in [0.29, 0.717) is 5.75 Å². The SMILES string of the molecule is Cc1ccc(C(C)C)c(O[C@@H](C)C(=O)Nc2c(F)cccc2F)c1. The Hall–Kier alpha value is -2.43. The number of nitrogens with one attached hydrogen (secondary N) is 1. The van der Waals surface area contributed by atoms with Crippen LogP contribution in [0.25, 0.3) is 0 Å². The van der Waals surface area contributed by atoms with Crippen molar-refractivity contribution >= 4 is 11.6 Å². The predicted octanol–water partition coefficient (Wildman–Crippen LogP) is 4.80. The second-order valence-electron chi connectivity index (χ2n) is 6.04. The first-order chi connectivity index (χ1) is 11.3. The molecule has 0 aliphatic heterocycles. The fourth-order valence-corrected chi connectivity index (χ4v) is 2.31.